The van der Waals surface area contributed by atoms with E-state index in [1.54, 1.807) is 7.11 Å². The average Bonchev–Trinajstić information content (AvgIpc) is 2.62. The number of alkyl halides is 1. The Morgan fingerprint density at radius 2 is 1.88 bits per heavy atom. The molecule has 0 aromatic rings. The van der Waals surface area contributed by atoms with Crippen molar-refractivity contribution in [1.29, 1.82) is 0 Å². The second-order valence-corrected chi connectivity index (χ2v) is 5.49. The standard InChI is InChI=1S/C13H24BrNO2/c1-17-11-10-15(9-8-14)13(16)12-6-4-2-3-5-7-12/h12H,2-11H2,1H3. The summed E-state index contributed by atoms with van der Waals surface area (Å²) in [5, 5.41) is 0.842. The molecule has 0 saturated heterocycles. The van der Waals surface area contributed by atoms with Crippen LogP contribution in [0.5, 0.6) is 0 Å². The fourth-order valence-corrected chi connectivity index (χ4v) is 2.85. The van der Waals surface area contributed by atoms with Gasteiger partial charge in [-0.1, -0.05) is 41.6 Å². The molecule has 0 N–H and O–H groups in total. The third-order valence-electron chi connectivity index (χ3n) is 3.44. The molecule has 1 saturated carbocycles. The van der Waals surface area contributed by atoms with Crippen LogP contribution < -0.4 is 0 Å². The first-order valence-corrected chi connectivity index (χ1v) is 7.75. The van der Waals surface area contributed by atoms with Gasteiger partial charge in [0.25, 0.3) is 0 Å². The molecule has 0 bridgehead atoms. The summed E-state index contributed by atoms with van der Waals surface area (Å²) in [4.78, 5) is 14.3. The van der Waals surface area contributed by atoms with Gasteiger partial charge in [-0.15, -0.1) is 0 Å². The third-order valence-corrected chi connectivity index (χ3v) is 3.79. The molecule has 0 radical (unpaired) electrons. The summed E-state index contributed by atoms with van der Waals surface area (Å²) in [6.45, 7) is 2.14. The molecule has 1 aliphatic rings. The minimum absolute atomic E-state index is 0.258. The zero-order chi connectivity index (χ0) is 12.5. The molecule has 0 heterocycles. The number of halogens is 1. The van der Waals surface area contributed by atoms with E-state index in [9.17, 15) is 4.79 Å². The van der Waals surface area contributed by atoms with E-state index in [0.717, 1.165) is 31.3 Å². The van der Waals surface area contributed by atoms with Gasteiger partial charge in [0.05, 0.1) is 6.61 Å². The fourth-order valence-electron chi connectivity index (χ4n) is 2.42. The van der Waals surface area contributed by atoms with Crippen molar-refractivity contribution in [2.24, 2.45) is 5.92 Å². The van der Waals surface area contributed by atoms with Gasteiger partial charge in [-0.3, -0.25) is 4.79 Å². The minimum atomic E-state index is 0.258. The third kappa shape index (κ3) is 5.38. The monoisotopic (exact) mass is 305 g/mol. The van der Waals surface area contributed by atoms with Crippen LogP contribution in [0.2, 0.25) is 0 Å². The van der Waals surface area contributed by atoms with Crippen LogP contribution in [0.4, 0.5) is 0 Å². The van der Waals surface area contributed by atoms with Gasteiger partial charge in [0.1, 0.15) is 0 Å². The Balaban J connectivity index is 2.48. The predicted molar refractivity (Wildman–Crippen MR) is 73.4 cm³/mol. The molecule has 1 amide bonds. The molecule has 0 aromatic heterocycles. The average molecular weight is 306 g/mol. The van der Waals surface area contributed by atoms with Crippen LogP contribution in [0, 0.1) is 5.92 Å². The van der Waals surface area contributed by atoms with Crippen molar-refractivity contribution in [1.82, 2.24) is 4.90 Å². The first-order chi connectivity index (χ1) is 8.29. The van der Waals surface area contributed by atoms with Crippen LogP contribution in [0.25, 0.3) is 0 Å². The Labute approximate surface area is 113 Å². The van der Waals surface area contributed by atoms with Crippen molar-refractivity contribution in [2.45, 2.75) is 38.5 Å². The largest absolute Gasteiger partial charge is 0.383 e. The van der Waals surface area contributed by atoms with Crippen molar-refractivity contribution in [2.75, 3.05) is 32.1 Å². The van der Waals surface area contributed by atoms with Crippen LogP contribution in [0.1, 0.15) is 38.5 Å². The van der Waals surface area contributed by atoms with Gasteiger partial charge in [-0.2, -0.15) is 0 Å². The molecule has 0 aromatic carbocycles. The van der Waals surface area contributed by atoms with Gasteiger partial charge in [-0.05, 0) is 12.8 Å². The number of carbonyl (C=O) groups excluding carboxylic acids is 1. The quantitative estimate of drug-likeness (QED) is 0.558. The van der Waals surface area contributed by atoms with E-state index < -0.39 is 0 Å². The van der Waals surface area contributed by atoms with Gasteiger partial charge in [-0.25, -0.2) is 0 Å². The lowest BCUT2D eigenvalue weighted by atomic mass is 9.99. The predicted octanol–water partition coefficient (Wildman–Crippen LogP) is 2.83. The fraction of sp³-hybridized carbons (Fsp3) is 0.923. The van der Waals surface area contributed by atoms with Crippen LogP contribution in [0.15, 0.2) is 0 Å². The van der Waals surface area contributed by atoms with Crippen molar-refractivity contribution < 1.29 is 9.53 Å². The number of methoxy groups -OCH3 is 1. The van der Waals surface area contributed by atoms with E-state index in [-0.39, 0.29) is 5.92 Å². The van der Waals surface area contributed by atoms with Gasteiger partial charge < -0.3 is 9.64 Å². The molecule has 1 rings (SSSR count). The lowest BCUT2D eigenvalue weighted by molar-refractivity contribution is -0.136. The number of carbonyl (C=O) groups is 1. The summed E-state index contributed by atoms with van der Waals surface area (Å²) in [5.74, 6) is 0.594. The number of ether oxygens (including phenoxy) is 1. The van der Waals surface area contributed by atoms with E-state index in [2.05, 4.69) is 15.9 Å². The summed E-state index contributed by atoms with van der Waals surface area (Å²) >= 11 is 3.41. The van der Waals surface area contributed by atoms with Crippen molar-refractivity contribution in [3.63, 3.8) is 0 Å². The maximum absolute atomic E-state index is 12.4. The maximum Gasteiger partial charge on any atom is 0.225 e. The van der Waals surface area contributed by atoms with E-state index in [1.807, 2.05) is 4.90 Å². The molecule has 0 spiro atoms. The van der Waals surface area contributed by atoms with Gasteiger partial charge in [0.15, 0.2) is 0 Å². The highest BCUT2D eigenvalue weighted by atomic mass is 79.9. The maximum atomic E-state index is 12.4. The molecule has 17 heavy (non-hydrogen) atoms. The summed E-state index contributed by atoms with van der Waals surface area (Å²) in [7, 11) is 1.68. The highest BCUT2D eigenvalue weighted by Gasteiger charge is 2.24. The van der Waals surface area contributed by atoms with E-state index in [4.69, 9.17) is 4.74 Å². The van der Waals surface area contributed by atoms with Crippen molar-refractivity contribution in [3.8, 4) is 0 Å². The molecular formula is C13H24BrNO2. The summed E-state index contributed by atoms with van der Waals surface area (Å²) in [6, 6.07) is 0. The SMILES string of the molecule is COCCN(CCBr)C(=O)C1CCCCCC1. The topological polar surface area (TPSA) is 29.5 Å². The minimum Gasteiger partial charge on any atom is -0.383 e. The summed E-state index contributed by atoms with van der Waals surface area (Å²) in [5.41, 5.74) is 0. The number of amides is 1. The van der Waals surface area contributed by atoms with Crippen molar-refractivity contribution in [3.05, 3.63) is 0 Å². The van der Waals surface area contributed by atoms with Crippen LogP contribution in [-0.2, 0) is 9.53 Å². The van der Waals surface area contributed by atoms with Gasteiger partial charge in [0, 0.05) is 31.4 Å². The first kappa shape index (κ1) is 15.0. The number of hydrogen-bond donors (Lipinski definition) is 0. The highest BCUT2D eigenvalue weighted by Crippen LogP contribution is 2.24. The van der Waals surface area contributed by atoms with Crippen LogP contribution in [0.3, 0.4) is 0 Å². The Bertz CT molecular complexity index is 215. The van der Waals surface area contributed by atoms with E-state index in [1.165, 1.54) is 25.7 Å². The molecule has 1 fully saturated rings. The molecular weight excluding hydrogens is 282 g/mol. The molecule has 0 atom stereocenters. The molecule has 3 nitrogen and oxygen atoms in total. The van der Waals surface area contributed by atoms with E-state index in [0.29, 0.717) is 12.5 Å². The summed E-state index contributed by atoms with van der Waals surface area (Å²) < 4.78 is 5.07. The molecule has 1 aliphatic carbocycles. The molecule has 4 heteroatoms. The smallest absolute Gasteiger partial charge is 0.225 e. The van der Waals surface area contributed by atoms with Gasteiger partial charge >= 0.3 is 0 Å². The van der Waals surface area contributed by atoms with Crippen LogP contribution >= 0.6 is 15.9 Å². The Morgan fingerprint density at radius 3 is 2.41 bits per heavy atom. The lowest BCUT2D eigenvalue weighted by Crippen LogP contribution is -2.39. The first-order valence-electron chi connectivity index (χ1n) is 6.63. The van der Waals surface area contributed by atoms with E-state index >= 15 is 0 Å². The lowest BCUT2D eigenvalue weighted by Gasteiger charge is -2.26. The zero-order valence-corrected chi connectivity index (χ0v) is 12.4. The summed E-state index contributed by atoms with van der Waals surface area (Å²) in [6.07, 6.45) is 7.15. The Hall–Kier alpha value is -0.0900. The molecule has 100 valence electrons. The molecule has 0 aliphatic heterocycles. The number of nitrogens with zero attached hydrogens (tertiary/aromatic N) is 1. The Kier molecular flexibility index (Phi) is 7.86. The number of rotatable bonds is 6. The zero-order valence-electron chi connectivity index (χ0n) is 10.8. The second-order valence-electron chi connectivity index (χ2n) is 4.70. The number of hydrogen-bond acceptors (Lipinski definition) is 2. The molecule has 0 unspecified atom stereocenters. The van der Waals surface area contributed by atoms with Crippen molar-refractivity contribution >= 4 is 21.8 Å². The second kappa shape index (κ2) is 8.92. The normalized spacial score (nSPS) is 17.8. The Morgan fingerprint density at radius 1 is 1.24 bits per heavy atom. The van der Waals surface area contributed by atoms with Gasteiger partial charge in [0.2, 0.25) is 5.91 Å². The van der Waals surface area contributed by atoms with Crippen LogP contribution in [-0.4, -0.2) is 42.9 Å². The highest BCUT2D eigenvalue weighted by molar-refractivity contribution is 9.09.